The average Bonchev–Trinajstić information content (AvgIpc) is 3.33. The number of benzene rings is 2. The minimum atomic E-state index is -3.13. The van der Waals surface area contributed by atoms with Crippen molar-refractivity contribution in [2.24, 2.45) is 0 Å². The second-order valence-electron chi connectivity index (χ2n) is 7.63. The van der Waals surface area contributed by atoms with Crippen LogP contribution in [0.5, 0.6) is 0 Å². The standard InChI is InChI=1S/C23H22ClNO4S/c1-16-2-4-18(5-3-16)23(26)25(20-12-13-30(27,28)15-20)14-21-10-11-22(29-21)17-6-8-19(24)9-7-17/h2-11,20H,12-15H2,1H3. The van der Waals surface area contributed by atoms with Crippen molar-refractivity contribution in [2.45, 2.75) is 25.9 Å². The number of aryl methyl sites for hydroxylation is 1. The third-order valence-electron chi connectivity index (χ3n) is 5.33. The molecule has 4 rings (SSSR count). The topological polar surface area (TPSA) is 67.6 Å². The highest BCUT2D eigenvalue weighted by Crippen LogP contribution is 2.27. The molecule has 1 fully saturated rings. The van der Waals surface area contributed by atoms with E-state index in [0.717, 1.165) is 11.1 Å². The van der Waals surface area contributed by atoms with Gasteiger partial charge in [-0.15, -0.1) is 0 Å². The highest BCUT2D eigenvalue weighted by Gasteiger charge is 2.35. The largest absolute Gasteiger partial charge is 0.459 e. The molecule has 5 nitrogen and oxygen atoms in total. The second kappa shape index (κ2) is 8.28. The van der Waals surface area contributed by atoms with Crippen LogP contribution in [0, 0.1) is 6.92 Å². The van der Waals surface area contributed by atoms with E-state index in [2.05, 4.69) is 0 Å². The Morgan fingerprint density at radius 3 is 2.40 bits per heavy atom. The first-order valence-electron chi connectivity index (χ1n) is 9.73. The van der Waals surface area contributed by atoms with Crippen molar-refractivity contribution in [3.8, 4) is 11.3 Å². The number of sulfone groups is 1. The van der Waals surface area contributed by atoms with Gasteiger partial charge in [0.2, 0.25) is 0 Å². The van der Waals surface area contributed by atoms with Gasteiger partial charge in [-0.2, -0.15) is 0 Å². The molecule has 0 aliphatic carbocycles. The Bertz CT molecular complexity index is 1150. The molecule has 1 unspecified atom stereocenters. The van der Waals surface area contributed by atoms with Gasteiger partial charge in [-0.05, 0) is 61.9 Å². The summed E-state index contributed by atoms with van der Waals surface area (Å²) in [6.45, 7) is 2.16. The highest BCUT2D eigenvalue weighted by molar-refractivity contribution is 7.91. The number of carbonyl (C=O) groups excluding carboxylic acids is 1. The summed E-state index contributed by atoms with van der Waals surface area (Å²) in [5.74, 6) is 1.16. The van der Waals surface area contributed by atoms with Crippen LogP contribution in [-0.4, -0.2) is 36.8 Å². The maximum Gasteiger partial charge on any atom is 0.254 e. The van der Waals surface area contributed by atoms with E-state index in [1.165, 1.54) is 0 Å². The number of amides is 1. The number of hydrogen-bond acceptors (Lipinski definition) is 4. The van der Waals surface area contributed by atoms with E-state index in [1.54, 1.807) is 29.2 Å². The number of rotatable bonds is 5. The van der Waals surface area contributed by atoms with E-state index < -0.39 is 9.84 Å². The zero-order valence-electron chi connectivity index (χ0n) is 16.5. The summed E-state index contributed by atoms with van der Waals surface area (Å²) < 4.78 is 30.1. The summed E-state index contributed by atoms with van der Waals surface area (Å²) in [4.78, 5) is 14.9. The normalized spacial score (nSPS) is 17.7. The Hall–Kier alpha value is -2.57. The Labute approximate surface area is 181 Å². The van der Waals surface area contributed by atoms with Crippen LogP contribution in [-0.2, 0) is 16.4 Å². The Balaban J connectivity index is 1.61. The SMILES string of the molecule is Cc1ccc(C(=O)N(Cc2ccc(-c3ccc(Cl)cc3)o2)C2CCS(=O)(=O)C2)cc1. The minimum absolute atomic E-state index is 0.0185. The van der Waals surface area contributed by atoms with E-state index in [0.29, 0.717) is 28.5 Å². The summed E-state index contributed by atoms with van der Waals surface area (Å²) in [5, 5.41) is 0.642. The van der Waals surface area contributed by atoms with Crippen LogP contribution in [0.15, 0.2) is 65.1 Å². The molecule has 1 atom stereocenters. The molecule has 2 heterocycles. The lowest BCUT2D eigenvalue weighted by Crippen LogP contribution is -2.40. The fraction of sp³-hybridized carbons (Fsp3) is 0.261. The van der Waals surface area contributed by atoms with Crippen molar-refractivity contribution in [1.29, 1.82) is 0 Å². The highest BCUT2D eigenvalue weighted by atomic mass is 35.5. The van der Waals surface area contributed by atoms with E-state index >= 15 is 0 Å². The Morgan fingerprint density at radius 2 is 1.77 bits per heavy atom. The minimum Gasteiger partial charge on any atom is -0.459 e. The van der Waals surface area contributed by atoms with Crippen molar-refractivity contribution in [3.63, 3.8) is 0 Å². The summed E-state index contributed by atoms with van der Waals surface area (Å²) in [5.41, 5.74) is 2.47. The monoisotopic (exact) mass is 443 g/mol. The molecule has 2 aromatic carbocycles. The fourth-order valence-electron chi connectivity index (χ4n) is 3.65. The molecule has 1 amide bonds. The smallest absolute Gasteiger partial charge is 0.254 e. The molecule has 3 aromatic rings. The van der Waals surface area contributed by atoms with Gasteiger partial charge in [0.1, 0.15) is 11.5 Å². The molecule has 0 bridgehead atoms. The predicted octanol–water partition coefficient (Wildman–Crippen LogP) is 4.74. The van der Waals surface area contributed by atoms with Crippen molar-refractivity contribution in [1.82, 2.24) is 4.90 Å². The van der Waals surface area contributed by atoms with Gasteiger partial charge in [-0.25, -0.2) is 8.42 Å². The number of hydrogen-bond donors (Lipinski definition) is 0. The molecule has 0 radical (unpaired) electrons. The summed E-state index contributed by atoms with van der Waals surface area (Å²) in [7, 11) is -3.13. The van der Waals surface area contributed by atoms with Gasteiger partial charge in [0.25, 0.3) is 5.91 Å². The average molecular weight is 444 g/mol. The number of nitrogens with zero attached hydrogens (tertiary/aromatic N) is 1. The van der Waals surface area contributed by atoms with Gasteiger partial charge in [-0.3, -0.25) is 4.79 Å². The molecular formula is C23H22ClNO4S. The lowest BCUT2D eigenvalue weighted by molar-refractivity contribution is 0.0666. The second-order valence-corrected chi connectivity index (χ2v) is 10.3. The molecule has 7 heteroatoms. The summed E-state index contributed by atoms with van der Waals surface area (Å²) in [6.07, 6.45) is 0.435. The van der Waals surface area contributed by atoms with Gasteiger partial charge in [0, 0.05) is 22.2 Å². The van der Waals surface area contributed by atoms with Crippen molar-refractivity contribution in [2.75, 3.05) is 11.5 Å². The van der Waals surface area contributed by atoms with E-state index in [9.17, 15) is 13.2 Å². The van der Waals surface area contributed by atoms with Crippen molar-refractivity contribution in [3.05, 3.63) is 82.6 Å². The summed E-state index contributed by atoms with van der Waals surface area (Å²) in [6, 6.07) is 17.9. The lowest BCUT2D eigenvalue weighted by atomic mass is 10.1. The van der Waals surface area contributed by atoms with Gasteiger partial charge < -0.3 is 9.32 Å². The lowest BCUT2D eigenvalue weighted by Gasteiger charge is -2.27. The maximum absolute atomic E-state index is 13.2. The Kier molecular flexibility index (Phi) is 5.71. The first-order chi connectivity index (χ1) is 14.3. The third kappa shape index (κ3) is 4.60. The van der Waals surface area contributed by atoms with Crippen LogP contribution in [0.1, 0.15) is 28.1 Å². The van der Waals surface area contributed by atoms with Crippen LogP contribution >= 0.6 is 11.6 Å². The van der Waals surface area contributed by atoms with Crippen LogP contribution in [0.3, 0.4) is 0 Å². The van der Waals surface area contributed by atoms with E-state index in [-0.39, 0.29) is 30.0 Å². The zero-order chi connectivity index (χ0) is 21.3. The molecule has 1 aliphatic rings. The van der Waals surface area contributed by atoms with Gasteiger partial charge in [0.15, 0.2) is 9.84 Å². The van der Waals surface area contributed by atoms with Crippen LogP contribution in [0.4, 0.5) is 0 Å². The molecule has 1 saturated heterocycles. The first kappa shape index (κ1) is 20.7. The van der Waals surface area contributed by atoms with Gasteiger partial charge >= 0.3 is 0 Å². The van der Waals surface area contributed by atoms with Crippen LogP contribution < -0.4 is 0 Å². The third-order valence-corrected chi connectivity index (χ3v) is 7.33. The van der Waals surface area contributed by atoms with Gasteiger partial charge in [0.05, 0.1) is 18.1 Å². The Morgan fingerprint density at radius 1 is 1.07 bits per heavy atom. The molecule has 0 saturated carbocycles. The first-order valence-corrected chi connectivity index (χ1v) is 11.9. The van der Waals surface area contributed by atoms with Crippen molar-refractivity contribution < 1.29 is 17.6 Å². The molecular weight excluding hydrogens is 422 g/mol. The van der Waals surface area contributed by atoms with E-state index in [4.69, 9.17) is 16.0 Å². The fourth-order valence-corrected chi connectivity index (χ4v) is 5.51. The molecule has 1 aliphatic heterocycles. The molecule has 1 aromatic heterocycles. The van der Waals surface area contributed by atoms with Crippen LogP contribution in [0.2, 0.25) is 5.02 Å². The van der Waals surface area contributed by atoms with Crippen molar-refractivity contribution >= 4 is 27.3 Å². The molecule has 30 heavy (non-hydrogen) atoms. The molecule has 0 N–H and O–H groups in total. The number of furan rings is 1. The van der Waals surface area contributed by atoms with E-state index in [1.807, 2.05) is 43.3 Å². The summed E-state index contributed by atoms with van der Waals surface area (Å²) >= 11 is 5.95. The molecule has 156 valence electrons. The van der Waals surface area contributed by atoms with Crippen LogP contribution in [0.25, 0.3) is 11.3 Å². The molecule has 0 spiro atoms. The van der Waals surface area contributed by atoms with Gasteiger partial charge in [-0.1, -0.05) is 29.3 Å². The number of carbonyl (C=O) groups is 1. The predicted molar refractivity (Wildman–Crippen MR) is 117 cm³/mol. The number of halogens is 1. The maximum atomic E-state index is 13.2. The quantitative estimate of drug-likeness (QED) is 0.571. The zero-order valence-corrected chi connectivity index (χ0v) is 18.1.